The molecule has 0 aromatic heterocycles. The third kappa shape index (κ3) is 3.12. The third-order valence-corrected chi connectivity index (χ3v) is 6.06. The van der Waals surface area contributed by atoms with Crippen molar-refractivity contribution in [2.75, 3.05) is 0 Å². The van der Waals surface area contributed by atoms with Crippen molar-refractivity contribution in [3.05, 3.63) is 28.5 Å². The van der Waals surface area contributed by atoms with Gasteiger partial charge in [0, 0.05) is 6.04 Å². The summed E-state index contributed by atoms with van der Waals surface area (Å²) in [5.74, 6) is -1.72. The number of hydrogen-bond donors (Lipinski definition) is 2. The summed E-state index contributed by atoms with van der Waals surface area (Å²) in [4.78, 5) is 11.1. The van der Waals surface area contributed by atoms with E-state index >= 15 is 0 Å². The van der Waals surface area contributed by atoms with Gasteiger partial charge in [-0.1, -0.05) is 6.42 Å². The Balaban J connectivity index is 2.29. The zero-order valence-corrected chi connectivity index (χ0v) is 13.7. The van der Waals surface area contributed by atoms with Crippen LogP contribution in [0.4, 0.5) is 4.39 Å². The van der Waals surface area contributed by atoms with Gasteiger partial charge < -0.3 is 5.11 Å². The summed E-state index contributed by atoms with van der Waals surface area (Å²) < 4.78 is 40.6. The molecule has 1 aliphatic carbocycles. The number of sulfonamides is 1. The maximum atomic E-state index is 13.5. The van der Waals surface area contributed by atoms with Crippen molar-refractivity contribution in [3.8, 4) is 0 Å². The van der Waals surface area contributed by atoms with Gasteiger partial charge in [-0.15, -0.1) is 0 Å². The Morgan fingerprint density at radius 2 is 2.19 bits per heavy atom. The Labute approximate surface area is 130 Å². The van der Waals surface area contributed by atoms with Crippen LogP contribution >= 0.6 is 15.9 Å². The van der Waals surface area contributed by atoms with Gasteiger partial charge in [0.1, 0.15) is 5.82 Å². The summed E-state index contributed by atoms with van der Waals surface area (Å²) in [6, 6.07) is 2.77. The van der Waals surface area contributed by atoms with E-state index in [2.05, 4.69) is 20.7 Å². The fraction of sp³-hybridized carbons (Fsp3) is 0.462. The molecule has 0 bridgehead atoms. The average Bonchev–Trinajstić information content (AvgIpc) is 2.75. The molecule has 5 nitrogen and oxygen atoms in total. The minimum Gasteiger partial charge on any atom is -0.481 e. The first-order valence-electron chi connectivity index (χ1n) is 6.37. The molecule has 21 heavy (non-hydrogen) atoms. The lowest BCUT2D eigenvalue weighted by molar-refractivity contribution is -0.148. The van der Waals surface area contributed by atoms with Gasteiger partial charge in [0.25, 0.3) is 0 Å². The van der Waals surface area contributed by atoms with Crippen LogP contribution in [0.1, 0.15) is 26.2 Å². The normalized spacial score (nSPS) is 26.0. The first-order valence-corrected chi connectivity index (χ1v) is 8.65. The monoisotopic (exact) mass is 379 g/mol. The smallest absolute Gasteiger partial charge is 0.310 e. The molecule has 0 radical (unpaired) electrons. The minimum atomic E-state index is -3.96. The zero-order valence-electron chi connectivity index (χ0n) is 11.3. The number of aliphatic carboxylic acids is 1. The SMILES string of the molecule is CC1(C(=O)O)CCCC1NS(=O)(=O)c1ccc(Br)c(F)c1. The molecule has 1 saturated carbocycles. The number of carbonyl (C=O) groups is 1. The van der Waals surface area contributed by atoms with Gasteiger partial charge in [-0.25, -0.2) is 17.5 Å². The lowest BCUT2D eigenvalue weighted by Crippen LogP contribution is -2.46. The van der Waals surface area contributed by atoms with Crippen LogP contribution in [-0.4, -0.2) is 25.5 Å². The van der Waals surface area contributed by atoms with Crippen molar-refractivity contribution < 1.29 is 22.7 Å². The maximum absolute atomic E-state index is 13.5. The van der Waals surface area contributed by atoms with Gasteiger partial charge in [-0.3, -0.25) is 4.79 Å². The quantitative estimate of drug-likeness (QED) is 0.841. The van der Waals surface area contributed by atoms with E-state index in [4.69, 9.17) is 0 Å². The molecule has 1 aliphatic rings. The van der Waals surface area contributed by atoms with Crippen LogP contribution in [0.15, 0.2) is 27.6 Å². The van der Waals surface area contributed by atoms with E-state index in [0.29, 0.717) is 19.3 Å². The van der Waals surface area contributed by atoms with Crippen LogP contribution in [0.25, 0.3) is 0 Å². The highest BCUT2D eigenvalue weighted by Crippen LogP contribution is 2.39. The number of halogens is 2. The van der Waals surface area contributed by atoms with Crippen LogP contribution in [0.2, 0.25) is 0 Å². The molecular formula is C13H15BrFNO4S. The fourth-order valence-electron chi connectivity index (χ4n) is 2.51. The highest BCUT2D eigenvalue weighted by Gasteiger charge is 2.46. The average molecular weight is 380 g/mol. The summed E-state index contributed by atoms with van der Waals surface area (Å²) in [5, 5.41) is 9.29. The summed E-state index contributed by atoms with van der Waals surface area (Å²) in [7, 11) is -3.96. The Morgan fingerprint density at radius 3 is 2.76 bits per heavy atom. The summed E-state index contributed by atoms with van der Waals surface area (Å²) in [6.45, 7) is 1.53. The number of nitrogens with one attached hydrogen (secondary N) is 1. The van der Waals surface area contributed by atoms with E-state index in [1.54, 1.807) is 0 Å². The number of carboxylic acids is 1. The third-order valence-electron chi connectivity index (χ3n) is 3.95. The molecule has 0 spiro atoms. The largest absolute Gasteiger partial charge is 0.481 e. The molecule has 2 atom stereocenters. The van der Waals surface area contributed by atoms with Crippen molar-refractivity contribution in [2.45, 2.75) is 37.1 Å². The number of benzene rings is 1. The lowest BCUT2D eigenvalue weighted by Gasteiger charge is -2.27. The first-order chi connectivity index (χ1) is 9.67. The van der Waals surface area contributed by atoms with Gasteiger partial charge in [0.05, 0.1) is 14.8 Å². The zero-order chi connectivity index (χ0) is 15.8. The second kappa shape index (κ2) is 5.66. The molecule has 0 aliphatic heterocycles. The number of carboxylic acid groups (broad SMARTS) is 1. The summed E-state index contributed by atoms with van der Waals surface area (Å²) in [5.41, 5.74) is -1.14. The van der Waals surface area contributed by atoms with Crippen molar-refractivity contribution in [3.63, 3.8) is 0 Å². The molecule has 0 heterocycles. The predicted molar refractivity (Wildman–Crippen MR) is 77.8 cm³/mol. The standard InChI is InChI=1S/C13H15BrFNO4S/c1-13(12(17)18)6-2-3-11(13)16-21(19,20)8-4-5-9(14)10(15)7-8/h4-5,7,11,16H,2-3,6H2,1H3,(H,17,18). The van der Waals surface area contributed by atoms with Gasteiger partial charge in [0.2, 0.25) is 10.0 Å². The van der Waals surface area contributed by atoms with E-state index in [0.717, 1.165) is 6.07 Å². The van der Waals surface area contributed by atoms with Crippen molar-refractivity contribution in [2.24, 2.45) is 5.41 Å². The second-order valence-electron chi connectivity index (χ2n) is 5.36. The van der Waals surface area contributed by atoms with Crippen molar-refractivity contribution >= 4 is 31.9 Å². The van der Waals surface area contributed by atoms with E-state index in [-0.39, 0.29) is 9.37 Å². The van der Waals surface area contributed by atoms with E-state index in [1.165, 1.54) is 19.1 Å². The Hall–Kier alpha value is -0.990. The Morgan fingerprint density at radius 1 is 1.52 bits per heavy atom. The van der Waals surface area contributed by atoms with E-state index in [1.807, 2.05) is 0 Å². The second-order valence-corrected chi connectivity index (χ2v) is 7.93. The Kier molecular flexibility index (Phi) is 4.41. The Bertz CT molecular complexity index is 679. The van der Waals surface area contributed by atoms with Gasteiger partial charge in [-0.05, 0) is 53.9 Å². The lowest BCUT2D eigenvalue weighted by atomic mass is 9.85. The number of rotatable bonds is 4. The molecule has 1 aromatic carbocycles. The molecule has 0 amide bonds. The van der Waals surface area contributed by atoms with Gasteiger partial charge in [-0.2, -0.15) is 0 Å². The first kappa shape index (κ1) is 16.4. The molecule has 1 aromatic rings. The van der Waals surface area contributed by atoms with Gasteiger partial charge >= 0.3 is 5.97 Å². The molecular weight excluding hydrogens is 365 g/mol. The molecule has 2 N–H and O–H groups in total. The molecule has 2 rings (SSSR count). The van der Waals surface area contributed by atoms with Crippen LogP contribution in [-0.2, 0) is 14.8 Å². The highest BCUT2D eigenvalue weighted by molar-refractivity contribution is 9.10. The predicted octanol–water partition coefficient (Wildman–Crippen LogP) is 2.51. The van der Waals surface area contributed by atoms with E-state index < -0.39 is 33.3 Å². The number of hydrogen-bond acceptors (Lipinski definition) is 3. The van der Waals surface area contributed by atoms with E-state index in [9.17, 15) is 22.7 Å². The van der Waals surface area contributed by atoms with Crippen LogP contribution in [0, 0.1) is 11.2 Å². The minimum absolute atomic E-state index is 0.165. The van der Waals surface area contributed by atoms with Gasteiger partial charge in [0.15, 0.2) is 0 Å². The molecule has 8 heteroatoms. The molecule has 2 unspecified atom stereocenters. The molecule has 116 valence electrons. The van der Waals surface area contributed by atoms with Crippen LogP contribution < -0.4 is 4.72 Å². The topological polar surface area (TPSA) is 83.5 Å². The fourth-order valence-corrected chi connectivity index (χ4v) is 4.15. The highest BCUT2D eigenvalue weighted by atomic mass is 79.9. The van der Waals surface area contributed by atoms with Crippen LogP contribution in [0.3, 0.4) is 0 Å². The van der Waals surface area contributed by atoms with Crippen LogP contribution in [0.5, 0.6) is 0 Å². The van der Waals surface area contributed by atoms with Crippen molar-refractivity contribution in [1.82, 2.24) is 4.72 Å². The molecule has 0 saturated heterocycles. The summed E-state index contributed by atoms with van der Waals surface area (Å²) >= 11 is 2.95. The van der Waals surface area contributed by atoms with Crippen molar-refractivity contribution in [1.29, 1.82) is 0 Å². The molecule has 1 fully saturated rings. The maximum Gasteiger partial charge on any atom is 0.310 e. The summed E-state index contributed by atoms with van der Waals surface area (Å²) in [6.07, 6.45) is 1.48.